The molecule has 26 heavy (non-hydrogen) atoms. The van der Waals surface area contributed by atoms with Gasteiger partial charge in [0.1, 0.15) is 17.4 Å². The fourth-order valence-electron chi connectivity index (χ4n) is 2.21. The van der Waals surface area contributed by atoms with E-state index in [0.717, 1.165) is 27.7 Å². The van der Waals surface area contributed by atoms with Gasteiger partial charge in [0.05, 0.1) is 5.69 Å². The molecule has 0 aliphatic heterocycles. The molecule has 0 bridgehead atoms. The van der Waals surface area contributed by atoms with Gasteiger partial charge in [-0.05, 0) is 24.3 Å². The summed E-state index contributed by atoms with van der Waals surface area (Å²) in [4.78, 5) is 16.7. The van der Waals surface area contributed by atoms with E-state index in [2.05, 4.69) is 10.3 Å². The highest BCUT2D eigenvalue weighted by Gasteiger charge is 2.21. The summed E-state index contributed by atoms with van der Waals surface area (Å²) < 4.78 is 5.74. The van der Waals surface area contributed by atoms with Crippen LogP contribution in [-0.4, -0.2) is 10.9 Å². The van der Waals surface area contributed by atoms with Crippen LogP contribution >= 0.6 is 11.3 Å². The smallest absolute Gasteiger partial charge is 0.229 e. The van der Waals surface area contributed by atoms with Gasteiger partial charge >= 0.3 is 0 Å². The molecule has 0 unspecified atom stereocenters. The van der Waals surface area contributed by atoms with Gasteiger partial charge in [0.15, 0.2) is 0 Å². The first-order valence-corrected chi connectivity index (χ1v) is 9.34. The lowest BCUT2D eigenvalue weighted by Crippen LogP contribution is -2.27. The van der Waals surface area contributed by atoms with Gasteiger partial charge in [0, 0.05) is 22.0 Å². The van der Waals surface area contributed by atoms with Crippen molar-refractivity contribution < 1.29 is 9.53 Å². The van der Waals surface area contributed by atoms with Crippen molar-refractivity contribution in [2.24, 2.45) is 5.41 Å². The third kappa shape index (κ3) is 4.70. The molecule has 5 heteroatoms. The Morgan fingerprint density at radius 1 is 1.08 bits per heavy atom. The number of benzene rings is 2. The van der Waals surface area contributed by atoms with Gasteiger partial charge < -0.3 is 10.1 Å². The summed E-state index contributed by atoms with van der Waals surface area (Å²) in [5.74, 6) is 0.836. The third-order valence-electron chi connectivity index (χ3n) is 3.78. The standard InChI is InChI=1S/C21H22N2O2S/c1-21(2,3)20(24)22-16-11-9-15(10-12-16)18-14-26-19(23-18)13-25-17-7-5-4-6-8-17/h4-12,14H,13H2,1-3H3,(H,22,24). The first kappa shape index (κ1) is 18.1. The summed E-state index contributed by atoms with van der Waals surface area (Å²) in [5.41, 5.74) is 2.30. The summed E-state index contributed by atoms with van der Waals surface area (Å²) >= 11 is 1.58. The van der Waals surface area contributed by atoms with Crippen LogP contribution in [0.15, 0.2) is 60.0 Å². The second-order valence-corrected chi connectivity index (χ2v) is 7.95. The Bertz CT molecular complexity index is 865. The maximum absolute atomic E-state index is 12.0. The van der Waals surface area contributed by atoms with Crippen LogP contribution in [0.1, 0.15) is 25.8 Å². The largest absolute Gasteiger partial charge is 0.486 e. The number of anilines is 1. The van der Waals surface area contributed by atoms with Crippen LogP contribution in [0.4, 0.5) is 5.69 Å². The van der Waals surface area contributed by atoms with Crippen molar-refractivity contribution in [2.75, 3.05) is 5.32 Å². The molecule has 2 aromatic carbocycles. The average Bonchev–Trinajstić information content (AvgIpc) is 3.10. The van der Waals surface area contributed by atoms with E-state index >= 15 is 0 Å². The monoisotopic (exact) mass is 366 g/mol. The number of nitrogens with one attached hydrogen (secondary N) is 1. The van der Waals surface area contributed by atoms with E-state index < -0.39 is 5.41 Å². The van der Waals surface area contributed by atoms with E-state index in [9.17, 15) is 4.79 Å². The summed E-state index contributed by atoms with van der Waals surface area (Å²) in [6.45, 7) is 6.13. The van der Waals surface area contributed by atoms with Crippen LogP contribution in [0.2, 0.25) is 0 Å². The van der Waals surface area contributed by atoms with Crippen LogP contribution in [0.25, 0.3) is 11.3 Å². The number of hydrogen-bond acceptors (Lipinski definition) is 4. The average molecular weight is 366 g/mol. The SMILES string of the molecule is CC(C)(C)C(=O)Nc1ccc(-c2csc(COc3ccccc3)n2)cc1. The van der Waals surface area contributed by atoms with Crippen molar-refractivity contribution in [3.63, 3.8) is 0 Å². The molecule has 0 saturated heterocycles. The summed E-state index contributed by atoms with van der Waals surface area (Å²) in [6.07, 6.45) is 0. The Morgan fingerprint density at radius 3 is 2.42 bits per heavy atom. The molecule has 1 heterocycles. The maximum atomic E-state index is 12.0. The van der Waals surface area contributed by atoms with Crippen molar-refractivity contribution in [1.82, 2.24) is 4.98 Å². The highest BCUT2D eigenvalue weighted by atomic mass is 32.1. The van der Waals surface area contributed by atoms with Gasteiger partial charge in [-0.15, -0.1) is 11.3 Å². The number of carbonyl (C=O) groups excluding carboxylic acids is 1. The van der Waals surface area contributed by atoms with Crippen molar-refractivity contribution in [3.05, 3.63) is 65.0 Å². The van der Waals surface area contributed by atoms with Crippen LogP contribution < -0.4 is 10.1 Å². The number of carbonyl (C=O) groups is 1. The zero-order valence-electron chi connectivity index (χ0n) is 15.2. The molecule has 1 N–H and O–H groups in total. The number of amides is 1. The molecule has 0 spiro atoms. The van der Waals surface area contributed by atoms with E-state index in [1.54, 1.807) is 11.3 Å². The van der Waals surface area contributed by atoms with Crippen LogP contribution in [0, 0.1) is 5.41 Å². The molecule has 1 amide bonds. The fourth-order valence-corrected chi connectivity index (χ4v) is 2.93. The molecule has 0 atom stereocenters. The van der Waals surface area contributed by atoms with Crippen LogP contribution in [0.5, 0.6) is 5.75 Å². The van der Waals surface area contributed by atoms with Gasteiger partial charge in [-0.2, -0.15) is 0 Å². The number of para-hydroxylation sites is 1. The number of nitrogens with zero attached hydrogens (tertiary/aromatic N) is 1. The highest BCUT2D eigenvalue weighted by molar-refractivity contribution is 7.09. The second kappa shape index (κ2) is 7.70. The first-order valence-electron chi connectivity index (χ1n) is 8.46. The fraction of sp³-hybridized carbons (Fsp3) is 0.238. The molecule has 3 rings (SSSR count). The molecule has 0 fully saturated rings. The third-order valence-corrected chi connectivity index (χ3v) is 4.60. The van der Waals surface area contributed by atoms with E-state index in [1.807, 2.05) is 80.7 Å². The van der Waals surface area contributed by atoms with Gasteiger partial charge in [-0.25, -0.2) is 4.98 Å². The number of hydrogen-bond donors (Lipinski definition) is 1. The molecule has 0 aliphatic rings. The molecular weight excluding hydrogens is 344 g/mol. The topological polar surface area (TPSA) is 51.2 Å². The number of thiazole rings is 1. The summed E-state index contributed by atoms with van der Waals surface area (Å²) in [6, 6.07) is 17.5. The van der Waals surface area contributed by atoms with E-state index in [0.29, 0.717) is 6.61 Å². The Hall–Kier alpha value is -2.66. The lowest BCUT2D eigenvalue weighted by atomic mass is 9.95. The van der Waals surface area contributed by atoms with Gasteiger partial charge in [0.25, 0.3) is 0 Å². The molecule has 3 aromatic rings. The van der Waals surface area contributed by atoms with E-state index in [-0.39, 0.29) is 5.91 Å². The maximum Gasteiger partial charge on any atom is 0.229 e. The highest BCUT2D eigenvalue weighted by Crippen LogP contribution is 2.25. The minimum Gasteiger partial charge on any atom is -0.486 e. The van der Waals surface area contributed by atoms with Crippen LogP contribution in [0.3, 0.4) is 0 Å². The Morgan fingerprint density at radius 2 is 1.77 bits per heavy atom. The summed E-state index contributed by atoms with van der Waals surface area (Å²) in [5, 5.41) is 5.87. The first-order chi connectivity index (χ1) is 12.4. The molecule has 0 radical (unpaired) electrons. The van der Waals surface area contributed by atoms with Gasteiger partial charge in [-0.3, -0.25) is 4.79 Å². The quantitative estimate of drug-likeness (QED) is 0.660. The minimum absolute atomic E-state index is 0.000690. The van der Waals surface area contributed by atoms with E-state index in [4.69, 9.17) is 4.74 Å². The Kier molecular flexibility index (Phi) is 5.38. The zero-order chi connectivity index (χ0) is 18.6. The second-order valence-electron chi connectivity index (χ2n) is 7.01. The van der Waals surface area contributed by atoms with Crippen molar-refractivity contribution in [2.45, 2.75) is 27.4 Å². The molecular formula is C21H22N2O2S. The zero-order valence-corrected chi connectivity index (χ0v) is 16.0. The number of rotatable bonds is 5. The molecule has 4 nitrogen and oxygen atoms in total. The van der Waals surface area contributed by atoms with Crippen LogP contribution in [-0.2, 0) is 11.4 Å². The number of aromatic nitrogens is 1. The number of ether oxygens (including phenoxy) is 1. The molecule has 134 valence electrons. The summed E-state index contributed by atoms with van der Waals surface area (Å²) in [7, 11) is 0. The van der Waals surface area contributed by atoms with Gasteiger partial charge in [0.2, 0.25) is 5.91 Å². The normalized spacial score (nSPS) is 11.2. The predicted octanol–water partition coefficient (Wildman–Crippen LogP) is 5.37. The van der Waals surface area contributed by atoms with E-state index in [1.165, 1.54) is 0 Å². The molecule has 0 saturated carbocycles. The minimum atomic E-state index is -0.415. The van der Waals surface area contributed by atoms with Crippen molar-refractivity contribution >= 4 is 22.9 Å². The lowest BCUT2D eigenvalue weighted by molar-refractivity contribution is -0.123. The van der Waals surface area contributed by atoms with Gasteiger partial charge in [-0.1, -0.05) is 51.1 Å². The molecule has 0 aliphatic carbocycles. The van der Waals surface area contributed by atoms with Crippen molar-refractivity contribution in [1.29, 1.82) is 0 Å². The van der Waals surface area contributed by atoms with Crippen molar-refractivity contribution in [3.8, 4) is 17.0 Å². The Labute approximate surface area is 157 Å². The predicted molar refractivity (Wildman–Crippen MR) is 106 cm³/mol. The Balaban J connectivity index is 1.63. The lowest BCUT2D eigenvalue weighted by Gasteiger charge is -2.17. The molecule has 1 aromatic heterocycles.